The minimum absolute atomic E-state index is 0. The molecule has 120 valence electrons. The summed E-state index contributed by atoms with van der Waals surface area (Å²) in [5, 5.41) is 4.02. The zero-order valence-corrected chi connectivity index (χ0v) is 14.2. The summed E-state index contributed by atoms with van der Waals surface area (Å²) in [6.45, 7) is 3.78. The lowest BCUT2D eigenvalue weighted by atomic mass is 10.2. The van der Waals surface area contributed by atoms with Crippen LogP contribution in [0.15, 0.2) is 30.3 Å². The third-order valence-electron chi connectivity index (χ3n) is 3.22. The Hall–Kier alpha value is -1.50. The molecule has 0 bridgehead atoms. The van der Waals surface area contributed by atoms with E-state index in [1.165, 1.54) is 11.5 Å². The van der Waals surface area contributed by atoms with E-state index in [1.54, 1.807) is 0 Å². The van der Waals surface area contributed by atoms with Gasteiger partial charge in [0, 0.05) is 13.1 Å². The number of carbonyl (C=O) groups is 1. The molecule has 1 aromatic heterocycles. The predicted molar refractivity (Wildman–Crippen MR) is 91.4 cm³/mol. The Morgan fingerprint density at radius 3 is 2.68 bits per heavy atom. The van der Waals surface area contributed by atoms with Gasteiger partial charge in [-0.3, -0.25) is 4.79 Å². The first-order chi connectivity index (χ1) is 10.3. The summed E-state index contributed by atoms with van der Waals surface area (Å²) in [6, 6.07) is 9.97. The fourth-order valence-electron chi connectivity index (χ4n) is 2.08. The summed E-state index contributed by atoms with van der Waals surface area (Å²) in [5.74, 6) is -0.000784. The van der Waals surface area contributed by atoms with E-state index in [0.29, 0.717) is 30.9 Å². The Kier molecular flexibility index (Phi) is 8.01. The Morgan fingerprint density at radius 2 is 2.05 bits per heavy atom. The summed E-state index contributed by atoms with van der Waals surface area (Å²) in [7, 11) is 0. The molecule has 5 nitrogen and oxygen atoms in total. The van der Waals surface area contributed by atoms with Gasteiger partial charge in [0.25, 0.3) is 5.91 Å². The van der Waals surface area contributed by atoms with Gasteiger partial charge in [0.15, 0.2) is 0 Å². The molecule has 1 aromatic carbocycles. The molecule has 1 amide bonds. The maximum Gasteiger partial charge on any atom is 0.267 e. The van der Waals surface area contributed by atoms with Gasteiger partial charge in [0.1, 0.15) is 4.88 Å². The number of rotatable bonds is 7. The summed E-state index contributed by atoms with van der Waals surface area (Å²) in [4.78, 5) is 15.2. The highest BCUT2D eigenvalue weighted by molar-refractivity contribution is 7.07. The van der Waals surface area contributed by atoms with Crippen LogP contribution in [0.1, 0.15) is 34.3 Å². The summed E-state index contributed by atoms with van der Waals surface area (Å²) < 4.78 is 3.90. The smallest absolute Gasteiger partial charge is 0.267 e. The van der Waals surface area contributed by atoms with E-state index in [-0.39, 0.29) is 18.3 Å². The van der Waals surface area contributed by atoms with Crippen molar-refractivity contribution in [3.8, 4) is 0 Å². The van der Waals surface area contributed by atoms with Gasteiger partial charge in [-0.15, -0.1) is 17.5 Å². The lowest BCUT2D eigenvalue weighted by molar-refractivity contribution is 0.0746. The molecule has 0 unspecified atom stereocenters. The van der Waals surface area contributed by atoms with Crippen molar-refractivity contribution in [1.29, 1.82) is 0 Å². The summed E-state index contributed by atoms with van der Waals surface area (Å²) >= 11 is 1.17. The van der Waals surface area contributed by atoms with E-state index in [1.807, 2.05) is 42.2 Å². The molecule has 1 heterocycles. The van der Waals surface area contributed by atoms with Gasteiger partial charge in [0.05, 0.1) is 5.69 Å². The standard InChI is InChI=1S/C15H20N4OS.ClH/c1-2-13-14(21-18-17-13)15(20)19(10-6-9-16)11-12-7-4-3-5-8-12;/h3-5,7-8H,2,6,9-11,16H2,1H3;1H. The summed E-state index contributed by atoms with van der Waals surface area (Å²) in [6.07, 6.45) is 1.50. The molecule has 2 rings (SSSR count). The van der Waals surface area contributed by atoms with Crippen LogP contribution < -0.4 is 5.73 Å². The van der Waals surface area contributed by atoms with E-state index in [0.717, 1.165) is 17.7 Å². The van der Waals surface area contributed by atoms with Crippen molar-refractivity contribution in [2.45, 2.75) is 26.3 Å². The molecule has 0 aliphatic heterocycles. The number of carbonyl (C=O) groups excluding carboxylic acids is 1. The van der Waals surface area contributed by atoms with Gasteiger partial charge in [-0.1, -0.05) is 41.7 Å². The van der Waals surface area contributed by atoms with Crippen LogP contribution in [0.2, 0.25) is 0 Å². The van der Waals surface area contributed by atoms with Crippen molar-refractivity contribution < 1.29 is 4.79 Å². The van der Waals surface area contributed by atoms with Crippen LogP contribution in [0, 0.1) is 0 Å². The number of hydrogen-bond donors (Lipinski definition) is 1. The highest BCUT2D eigenvalue weighted by Crippen LogP contribution is 2.16. The quantitative estimate of drug-likeness (QED) is 0.840. The largest absolute Gasteiger partial charge is 0.333 e. The van der Waals surface area contributed by atoms with Crippen molar-refractivity contribution in [1.82, 2.24) is 14.5 Å². The van der Waals surface area contributed by atoms with Gasteiger partial charge >= 0.3 is 0 Å². The zero-order chi connectivity index (χ0) is 15.1. The van der Waals surface area contributed by atoms with E-state index >= 15 is 0 Å². The van der Waals surface area contributed by atoms with Crippen LogP contribution in [-0.4, -0.2) is 33.5 Å². The molecule has 22 heavy (non-hydrogen) atoms. The number of aromatic nitrogens is 2. The van der Waals surface area contributed by atoms with Crippen LogP contribution >= 0.6 is 23.9 Å². The van der Waals surface area contributed by atoms with Crippen molar-refractivity contribution in [2.75, 3.05) is 13.1 Å². The first-order valence-corrected chi connectivity index (χ1v) is 7.88. The van der Waals surface area contributed by atoms with Gasteiger partial charge in [-0.05, 0) is 36.5 Å². The maximum absolute atomic E-state index is 12.7. The highest BCUT2D eigenvalue weighted by atomic mass is 35.5. The van der Waals surface area contributed by atoms with Gasteiger partial charge in [-0.2, -0.15) is 0 Å². The van der Waals surface area contributed by atoms with Gasteiger partial charge in [0.2, 0.25) is 0 Å². The van der Waals surface area contributed by atoms with Crippen LogP contribution in [-0.2, 0) is 13.0 Å². The molecular formula is C15H21ClN4OS. The zero-order valence-electron chi connectivity index (χ0n) is 12.6. The van der Waals surface area contributed by atoms with Crippen molar-refractivity contribution in [2.24, 2.45) is 5.73 Å². The number of nitrogens with two attached hydrogens (primary N) is 1. The molecule has 0 aliphatic carbocycles. The molecule has 0 fully saturated rings. The number of hydrogen-bond acceptors (Lipinski definition) is 5. The first kappa shape index (κ1) is 18.5. The second kappa shape index (κ2) is 9.50. The average molecular weight is 341 g/mol. The van der Waals surface area contributed by atoms with Crippen LogP contribution in [0.3, 0.4) is 0 Å². The molecule has 0 aliphatic rings. The van der Waals surface area contributed by atoms with Gasteiger partial charge in [-0.25, -0.2) is 0 Å². The molecule has 0 saturated carbocycles. The second-order valence-electron chi connectivity index (χ2n) is 4.76. The molecule has 0 spiro atoms. The minimum atomic E-state index is -0.000784. The summed E-state index contributed by atoms with van der Waals surface area (Å²) in [5.41, 5.74) is 7.47. The molecule has 0 atom stereocenters. The third-order valence-corrected chi connectivity index (χ3v) is 3.98. The van der Waals surface area contributed by atoms with E-state index < -0.39 is 0 Å². The molecule has 7 heteroatoms. The van der Waals surface area contributed by atoms with E-state index in [4.69, 9.17) is 5.73 Å². The predicted octanol–water partition coefficient (Wildman–Crippen LogP) is 2.51. The SMILES string of the molecule is CCc1nnsc1C(=O)N(CCCN)Cc1ccccc1.Cl. The molecule has 2 N–H and O–H groups in total. The Morgan fingerprint density at radius 1 is 1.32 bits per heavy atom. The fraction of sp³-hybridized carbons (Fsp3) is 0.400. The third kappa shape index (κ3) is 4.76. The first-order valence-electron chi connectivity index (χ1n) is 7.10. The number of amides is 1. The van der Waals surface area contributed by atoms with E-state index in [2.05, 4.69) is 9.59 Å². The lowest BCUT2D eigenvalue weighted by Gasteiger charge is -2.22. The number of nitrogens with zero attached hydrogens (tertiary/aromatic N) is 3. The van der Waals surface area contributed by atoms with Crippen LogP contribution in [0.5, 0.6) is 0 Å². The van der Waals surface area contributed by atoms with Crippen molar-refractivity contribution >= 4 is 29.8 Å². The monoisotopic (exact) mass is 340 g/mol. The second-order valence-corrected chi connectivity index (χ2v) is 5.51. The topological polar surface area (TPSA) is 72.1 Å². The number of halogens is 1. The molecular weight excluding hydrogens is 320 g/mol. The van der Waals surface area contributed by atoms with Gasteiger partial charge < -0.3 is 10.6 Å². The Bertz CT molecular complexity index is 576. The highest BCUT2D eigenvalue weighted by Gasteiger charge is 2.21. The lowest BCUT2D eigenvalue weighted by Crippen LogP contribution is -2.32. The van der Waals surface area contributed by atoms with Crippen LogP contribution in [0.25, 0.3) is 0 Å². The van der Waals surface area contributed by atoms with Crippen molar-refractivity contribution in [3.05, 3.63) is 46.5 Å². The maximum atomic E-state index is 12.7. The Balaban J connectivity index is 0.00000242. The normalized spacial score (nSPS) is 10.1. The van der Waals surface area contributed by atoms with E-state index in [9.17, 15) is 4.79 Å². The average Bonchev–Trinajstić information content (AvgIpc) is 3.00. The number of aryl methyl sites for hydroxylation is 1. The Labute approximate surface area is 141 Å². The number of benzene rings is 1. The van der Waals surface area contributed by atoms with Crippen LogP contribution in [0.4, 0.5) is 0 Å². The fourth-order valence-corrected chi connectivity index (χ4v) is 2.80. The minimum Gasteiger partial charge on any atom is -0.333 e. The van der Waals surface area contributed by atoms with Crippen molar-refractivity contribution in [3.63, 3.8) is 0 Å². The molecule has 0 saturated heterocycles. The molecule has 2 aromatic rings. The molecule has 0 radical (unpaired) electrons.